The number of methoxy groups -OCH3 is 2. The van der Waals surface area contributed by atoms with E-state index in [-0.39, 0.29) is 27.9 Å². The number of carbonyl (C=O) groups is 1. The Morgan fingerprint density at radius 1 is 1.06 bits per heavy atom. The van der Waals surface area contributed by atoms with E-state index in [9.17, 15) is 17.6 Å². The molecule has 0 atom stereocenters. The van der Waals surface area contributed by atoms with Crippen LogP contribution in [0.2, 0.25) is 5.02 Å². The molecular weight excluding hydrogens is 473 g/mol. The van der Waals surface area contributed by atoms with Crippen LogP contribution in [0.4, 0.5) is 10.1 Å². The normalized spacial score (nSPS) is 11.0. The van der Waals surface area contributed by atoms with Crippen LogP contribution in [0.15, 0.2) is 65.8 Å². The number of nitrogens with zero attached hydrogens (tertiary/aromatic N) is 2. The molecule has 0 aliphatic heterocycles. The standard InChI is InChI=1S/C22H21ClFN3O5S/c1-31-20-6-4-17(12-21(20)32-2)33(29,30)27(16-3-5-19(24)18(23)11-16)14-22(28)26-13-15-7-9-25-10-8-15/h3-12H,13-14H2,1-2H3,(H,26,28). The highest BCUT2D eigenvalue weighted by Crippen LogP contribution is 2.33. The second-order valence-electron chi connectivity index (χ2n) is 6.76. The summed E-state index contributed by atoms with van der Waals surface area (Å²) < 4.78 is 51.9. The Kier molecular flexibility index (Phi) is 7.72. The molecule has 0 aliphatic carbocycles. The van der Waals surface area contributed by atoms with Crippen molar-refractivity contribution < 1.29 is 27.1 Å². The maximum atomic E-state index is 13.7. The van der Waals surface area contributed by atoms with E-state index in [2.05, 4.69) is 10.3 Å². The average molecular weight is 494 g/mol. The van der Waals surface area contributed by atoms with Gasteiger partial charge in [0.25, 0.3) is 10.0 Å². The Bertz CT molecular complexity index is 1240. The first-order valence-electron chi connectivity index (χ1n) is 9.61. The van der Waals surface area contributed by atoms with Crippen LogP contribution in [0.5, 0.6) is 11.5 Å². The summed E-state index contributed by atoms with van der Waals surface area (Å²) in [6.45, 7) is -0.389. The molecule has 11 heteroatoms. The number of pyridine rings is 1. The first-order chi connectivity index (χ1) is 15.8. The number of ether oxygens (including phenoxy) is 2. The van der Waals surface area contributed by atoms with Gasteiger partial charge in [-0.05, 0) is 48.0 Å². The largest absolute Gasteiger partial charge is 0.493 e. The number of sulfonamides is 1. The minimum absolute atomic E-state index is 0.0234. The number of aromatic nitrogens is 1. The number of nitrogens with one attached hydrogen (secondary N) is 1. The number of hydrogen-bond donors (Lipinski definition) is 1. The zero-order chi connectivity index (χ0) is 24.0. The minimum atomic E-state index is -4.27. The minimum Gasteiger partial charge on any atom is -0.493 e. The van der Waals surface area contributed by atoms with E-state index in [1.807, 2.05) is 0 Å². The van der Waals surface area contributed by atoms with E-state index in [1.54, 1.807) is 24.5 Å². The van der Waals surface area contributed by atoms with Gasteiger partial charge in [-0.25, -0.2) is 12.8 Å². The van der Waals surface area contributed by atoms with Crippen LogP contribution in [0.1, 0.15) is 5.56 Å². The molecule has 0 saturated carbocycles. The van der Waals surface area contributed by atoms with Crippen molar-refractivity contribution in [2.75, 3.05) is 25.1 Å². The zero-order valence-electron chi connectivity index (χ0n) is 17.8. The van der Waals surface area contributed by atoms with Gasteiger partial charge in [-0.1, -0.05) is 11.6 Å². The molecule has 0 unspecified atom stereocenters. The number of rotatable bonds is 9. The molecule has 8 nitrogen and oxygen atoms in total. The van der Waals surface area contributed by atoms with E-state index in [0.29, 0.717) is 5.75 Å². The second kappa shape index (κ2) is 10.5. The molecule has 1 amide bonds. The molecule has 0 spiro atoms. The Balaban J connectivity index is 1.95. The molecule has 174 valence electrons. The summed E-state index contributed by atoms with van der Waals surface area (Å²) in [6.07, 6.45) is 3.16. The lowest BCUT2D eigenvalue weighted by Crippen LogP contribution is -2.40. The van der Waals surface area contributed by atoms with Gasteiger partial charge in [-0.3, -0.25) is 14.1 Å². The van der Waals surface area contributed by atoms with Gasteiger partial charge in [0.05, 0.1) is 29.8 Å². The molecule has 0 saturated heterocycles. The molecule has 0 radical (unpaired) electrons. The molecule has 3 rings (SSSR count). The smallest absolute Gasteiger partial charge is 0.264 e. The van der Waals surface area contributed by atoms with Crippen molar-refractivity contribution in [1.29, 1.82) is 0 Å². The molecule has 33 heavy (non-hydrogen) atoms. The van der Waals surface area contributed by atoms with Crippen LogP contribution >= 0.6 is 11.6 Å². The quantitative estimate of drug-likeness (QED) is 0.490. The van der Waals surface area contributed by atoms with Crippen molar-refractivity contribution in [3.8, 4) is 11.5 Å². The van der Waals surface area contributed by atoms with Gasteiger partial charge >= 0.3 is 0 Å². The Labute approximate surface area is 196 Å². The number of anilines is 1. The molecule has 3 aromatic rings. The van der Waals surface area contributed by atoms with Gasteiger partial charge < -0.3 is 14.8 Å². The molecule has 1 heterocycles. The highest BCUT2D eigenvalue weighted by Gasteiger charge is 2.29. The van der Waals surface area contributed by atoms with Crippen LogP contribution in [0.25, 0.3) is 0 Å². The molecule has 0 fully saturated rings. The third-order valence-electron chi connectivity index (χ3n) is 4.66. The Morgan fingerprint density at radius 3 is 2.39 bits per heavy atom. The second-order valence-corrected chi connectivity index (χ2v) is 9.03. The van der Waals surface area contributed by atoms with Crippen molar-refractivity contribution in [2.45, 2.75) is 11.4 Å². The van der Waals surface area contributed by atoms with E-state index >= 15 is 0 Å². The van der Waals surface area contributed by atoms with Crippen molar-refractivity contribution in [1.82, 2.24) is 10.3 Å². The zero-order valence-corrected chi connectivity index (χ0v) is 19.4. The number of carbonyl (C=O) groups excluding carboxylic acids is 1. The highest BCUT2D eigenvalue weighted by atomic mass is 35.5. The fraction of sp³-hybridized carbons (Fsp3) is 0.182. The van der Waals surface area contributed by atoms with Crippen molar-refractivity contribution >= 4 is 33.2 Å². The van der Waals surface area contributed by atoms with Crippen molar-refractivity contribution in [3.05, 3.63) is 77.3 Å². The Morgan fingerprint density at radius 2 is 1.76 bits per heavy atom. The van der Waals surface area contributed by atoms with Crippen molar-refractivity contribution in [3.63, 3.8) is 0 Å². The van der Waals surface area contributed by atoms with Gasteiger partial charge in [-0.15, -0.1) is 0 Å². The SMILES string of the molecule is COc1ccc(S(=O)(=O)N(CC(=O)NCc2ccncc2)c2ccc(F)c(Cl)c2)cc1OC. The molecular formula is C22H21ClFN3O5S. The van der Waals surface area contributed by atoms with E-state index in [1.165, 1.54) is 38.5 Å². The number of amides is 1. The third kappa shape index (κ3) is 5.71. The molecule has 1 N–H and O–H groups in total. The summed E-state index contributed by atoms with van der Waals surface area (Å²) in [5.74, 6) is -0.761. The van der Waals surface area contributed by atoms with E-state index < -0.39 is 28.3 Å². The lowest BCUT2D eigenvalue weighted by Gasteiger charge is -2.25. The maximum absolute atomic E-state index is 13.7. The topological polar surface area (TPSA) is 97.8 Å². The molecule has 0 aliphatic rings. The van der Waals surface area contributed by atoms with Gasteiger partial charge in [0.2, 0.25) is 5.91 Å². The van der Waals surface area contributed by atoms with Crippen LogP contribution in [0.3, 0.4) is 0 Å². The molecule has 2 aromatic carbocycles. The fourth-order valence-corrected chi connectivity index (χ4v) is 4.55. The van der Waals surface area contributed by atoms with Gasteiger partial charge in [0.15, 0.2) is 11.5 Å². The first kappa shape index (κ1) is 24.3. The first-order valence-corrected chi connectivity index (χ1v) is 11.4. The maximum Gasteiger partial charge on any atom is 0.264 e. The van der Waals surface area contributed by atoms with E-state index in [4.69, 9.17) is 21.1 Å². The van der Waals surface area contributed by atoms with Crippen LogP contribution in [0, 0.1) is 5.82 Å². The monoisotopic (exact) mass is 493 g/mol. The lowest BCUT2D eigenvalue weighted by atomic mass is 10.2. The molecule has 0 bridgehead atoms. The lowest BCUT2D eigenvalue weighted by molar-refractivity contribution is -0.119. The summed E-state index contributed by atoms with van der Waals surface area (Å²) in [4.78, 5) is 16.4. The molecule has 1 aromatic heterocycles. The van der Waals surface area contributed by atoms with E-state index in [0.717, 1.165) is 22.0 Å². The number of halogens is 2. The summed E-state index contributed by atoms with van der Waals surface area (Å²) in [5, 5.41) is 2.38. The van der Waals surface area contributed by atoms with Gasteiger partial charge in [0.1, 0.15) is 12.4 Å². The fourth-order valence-electron chi connectivity index (χ4n) is 2.95. The third-order valence-corrected chi connectivity index (χ3v) is 6.72. The van der Waals surface area contributed by atoms with Crippen LogP contribution in [-0.4, -0.2) is 40.1 Å². The predicted molar refractivity (Wildman–Crippen MR) is 122 cm³/mol. The van der Waals surface area contributed by atoms with Crippen LogP contribution in [-0.2, 0) is 21.4 Å². The average Bonchev–Trinajstić information content (AvgIpc) is 2.83. The summed E-state index contributed by atoms with van der Waals surface area (Å²) in [6, 6.07) is 10.9. The van der Waals surface area contributed by atoms with Gasteiger partial charge in [-0.2, -0.15) is 0 Å². The van der Waals surface area contributed by atoms with Crippen molar-refractivity contribution in [2.24, 2.45) is 0 Å². The number of hydrogen-bond acceptors (Lipinski definition) is 6. The van der Waals surface area contributed by atoms with Gasteiger partial charge in [0, 0.05) is 25.0 Å². The summed E-state index contributed by atoms with van der Waals surface area (Å²) in [7, 11) is -1.48. The number of benzene rings is 2. The predicted octanol–water partition coefficient (Wildman–Crippen LogP) is 3.40. The van der Waals surface area contributed by atoms with Crippen LogP contribution < -0.4 is 19.1 Å². The summed E-state index contributed by atoms with van der Waals surface area (Å²) in [5.41, 5.74) is 0.813. The Hall–Kier alpha value is -3.37. The summed E-state index contributed by atoms with van der Waals surface area (Å²) >= 11 is 5.88. The highest BCUT2D eigenvalue weighted by molar-refractivity contribution is 7.92.